The van der Waals surface area contributed by atoms with Gasteiger partial charge in [-0.3, -0.25) is 23.9 Å². The number of aliphatic imine (C=N–C) groups is 1. The fourth-order valence-corrected chi connectivity index (χ4v) is 4.85. The number of methoxy groups -OCH3 is 1. The summed E-state index contributed by atoms with van der Waals surface area (Å²) in [6.07, 6.45) is 11.5. The minimum absolute atomic E-state index is 0.0254. The van der Waals surface area contributed by atoms with Crippen molar-refractivity contribution in [1.29, 1.82) is 5.26 Å². The van der Waals surface area contributed by atoms with Crippen LogP contribution < -0.4 is 15.2 Å². The Morgan fingerprint density at radius 1 is 0.844 bits per heavy atom. The smallest absolute Gasteiger partial charge is 0.432 e. The Balaban J connectivity index is 2.18. The molecule has 45 heavy (non-hydrogen) atoms. The molecule has 0 saturated carbocycles. The number of rotatable bonds is 27. The van der Waals surface area contributed by atoms with E-state index in [-0.39, 0.29) is 33.2 Å². The van der Waals surface area contributed by atoms with Crippen molar-refractivity contribution in [2.75, 3.05) is 78.4 Å². The molecule has 0 amide bonds. The van der Waals surface area contributed by atoms with Crippen LogP contribution in [0.1, 0.15) is 58.8 Å². The molecule has 0 spiro atoms. The number of carbonyl (C=O) groups is 1. The van der Waals surface area contributed by atoms with Crippen LogP contribution in [0.2, 0.25) is 0 Å². The fourth-order valence-electron chi connectivity index (χ4n) is 3.64. The van der Waals surface area contributed by atoms with E-state index in [2.05, 4.69) is 15.6 Å². The number of phosphoric acid groups is 1. The summed E-state index contributed by atoms with van der Waals surface area (Å²) in [4.78, 5) is 16.2. The molecule has 0 fully saturated rings. The van der Waals surface area contributed by atoms with Crippen LogP contribution in [0.15, 0.2) is 29.5 Å². The highest BCUT2D eigenvalue weighted by Gasteiger charge is 2.24. The summed E-state index contributed by atoms with van der Waals surface area (Å²) < 4.78 is 55.0. The number of unbranched alkanes of at least 4 members (excludes halogenated alkanes) is 6. The van der Waals surface area contributed by atoms with E-state index in [4.69, 9.17) is 42.5 Å². The Morgan fingerprint density at radius 2 is 1.44 bits per heavy atom. The van der Waals surface area contributed by atoms with Gasteiger partial charge in [-0.25, -0.2) is 9.36 Å². The molecule has 256 valence electrons. The number of anilines is 1. The molecular formula is C29H51N5O10P+. The first-order chi connectivity index (χ1) is 22.0. The van der Waals surface area contributed by atoms with Crippen LogP contribution in [0.5, 0.6) is 0 Å². The quantitative estimate of drug-likeness (QED) is 0.0197. The Hall–Kier alpha value is -2.83. The number of carbonyl (C=O) groups excluding carboxylic acids is 1. The van der Waals surface area contributed by atoms with Crippen molar-refractivity contribution in [3.8, 4) is 6.19 Å². The van der Waals surface area contributed by atoms with Crippen LogP contribution in [-0.4, -0.2) is 85.2 Å². The van der Waals surface area contributed by atoms with Crippen molar-refractivity contribution in [1.82, 2.24) is 5.32 Å². The second-order valence-corrected chi connectivity index (χ2v) is 11.0. The highest BCUT2D eigenvalue weighted by atomic mass is 31.2. The van der Waals surface area contributed by atoms with Gasteiger partial charge in [0.05, 0.1) is 58.5 Å². The van der Waals surface area contributed by atoms with E-state index in [9.17, 15) is 9.36 Å². The topological polar surface area (TPSA) is 172 Å². The number of hydrogen-bond acceptors (Lipinski definition) is 12. The highest BCUT2D eigenvalue weighted by molar-refractivity contribution is 7.48. The van der Waals surface area contributed by atoms with Crippen molar-refractivity contribution in [2.45, 2.75) is 65.5 Å². The first-order valence-electron chi connectivity index (χ1n) is 15.4. The molecule has 0 aliphatic rings. The summed E-state index contributed by atoms with van der Waals surface area (Å²) in [5.74, 6) is 0.357. The predicted octanol–water partition coefficient (Wildman–Crippen LogP) is 4.53. The number of ether oxygens (including phenoxy) is 5. The summed E-state index contributed by atoms with van der Waals surface area (Å²) in [6, 6.07) is 3.53. The Bertz CT molecular complexity index is 1000. The molecule has 2 N–H and O–H groups in total. The van der Waals surface area contributed by atoms with Gasteiger partial charge in [0.2, 0.25) is 5.96 Å². The zero-order chi connectivity index (χ0) is 32.9. The predicted molar refractivity (Wildman–Crippen MR) is 166 cm³/mol. The number of pyridine rings is 1. The van der Waals surface area contributed by atoms with E-state index >= 15 is 0 Å². The van der Waals surface area contributed by atoms with E-state index in [1.807, 2.05) is 6.19 Å². The van der Waals surface area contributed by atoms with Crippen LogP contribution in [0, 0.1) is 11.5 Å². The Kier molecular flexibility index (Phi) is 24.5. The van der Waals surface area contributed by atoms with Crippen LogP contribution >= 0.6 is 7.82 Å². The third-order valence-electron chi connectivity index (χ3n) is 5.81. The fraction of sp³-hybridized carbons (Fsp3) is 0.724. The molecule has 1 aromatic heterocycles. The Morgan fingerprint density at radius 3 is 2.07 bits per heavy atom. The summed E-state index contributed by atoms with van der Waals surface area (Å²) >= 11 is 0. The molecule has 0 saturated heterocycles. The van der Waals surface area contributed by atoms with Gasteiger partial charge in [-0.05, 0) is 26.7 Å². The third kappa shape index (κ3) is 22.3. The van der Waals surface area contributed by atoms with Gasteiger partial charge in [-0.1, -0.05) is 32.1 Å². The maximum Gasteiger partial charge on any atom is 0.513 e. The summed E-state index contributed by atoms with van der Waals surface area (Å²) in [5, 5.41) is 14.7. The third-order valence-corrected chi connectivity index (χ3v) is 7.45. The number of guanidine groups is 1. The number of phosphoric ester groups is 1. The van der Waals surface area contributed by atoms with E-state index in [0.29, 0.717) is 51.2 Å². The minimum atomic E-state index is -3.42. The average molecular weight is 661 g/mol. The van der Waals surface area contributed by atoms with E-state index in [0.717, 1.165) is 44.9 Å². The Labute approximate surface area is 267 Å². The molecule has 0 unspecified atom stereocenters. The van der Waals surface area contributed by atoms with Gasteiger partial charge in [0.1, 0.15) is 6.61 Å². The number of aromatic nitrogens is 1. The van der Waals surface area contributed by atoms with Crippen LogP contribution in [0.3, 0.4) is 0 Å². The lowest BCUT2D eigenvalue weighted by Gasteiger charge is -2.16. The lowest BCUT2D eigenvalue weighted by molar-refractivity contribution is -0.727. The van der Waals surface area contributed by atoms with Gasteiger partial charge in [0.25, 0.3) is 6.73 Å². The molecule has 15 nitrogen and oxygen atoms in total. The second kappa shape index (κ2) is 27.5. The maximum atomic E-state index is 12.2. The second-order valence-electron chi connectivity index (χ2n) is 9.37. The molecule has 0 aliphatic heterocycles. The molecule has 0 atom stereocenters. The van der Waals surface area contributed by atoms with Crippen molar-refractivity contribution >= 4 is 25.6 Å². The van der Waals surface area contributed by atoms with Gasteiger partial charge in [-0.2, -0.15) is 9.83 Å². The van der Waals surface area contributed by atoms with Gasteiger partial charge >= 0.3 is 14.0 Å². The molecule has 1 heterocycles. The lowest BCUT2D eigenvalue weighted by Crippen LogP contribution is -2.36. The number of nitriles is 1. The van der Waals surface area contributed by atoms with Crippen molar-refractivity contribution in [3.63, 3.8) is 0 Å². The summed E-state index contributed by atoms with van der Waals surface area (Å²) in [5.41, 5.74) is 0.710. The average Bonchev–Trinajstić information content (AvgIpc) is 3.02. The highest BCUT2D eigenvalue weighted by Crippen LogP contribution is 2.49. The van der Waals surface area contributed by atoms with Gasteiger partial charge in [0.15, 0.2) is 18.6 Å². The summed E-state index contributed by atoms with van der Waals surface area (Å²) in [6.45, 7) is 7.14. The first kappa shape index (κ1) is 40.2. The molecule has 0 radical (unpaired) electrons. The number of nitrogens with one attached hydrogen (secondary N) is 2. The SMILES string of the molecule is CCOP(=O)(OCC)OCCCCCCCCCN=C(NC#N)Nc1cc[n+](COC(=O)OCCOCCOCCOC)cc1. The number of nitrogens with zero attached hydrogens (tertiary/aromatic N) is 3. The molecule has 1 aromatic rings. The van der Waals surface area contributed by atoms with Crippen LogP contribution in [0.4, 0.5) is 10.5 Å². The molecule has 0 bridgehead atoms. The van der Waals surface area contributed by atoms with Crippen molar-refractivity contribution < 1.29 is 51.2 Å². The maximum absolute atomic E-state index is 12.2. The standard InChI is InChI=1S/C29H50N5O10P/c1-4-42-45(36,43-5-2)44-18-12-10-8-6-7-9-11-15-31-28(32-25-30)33-27-13-16-34(17-14-27)26-41-29(35)40-24-23-39-22-21-38-20-19-37-3/h13-14,16-17H,4-12,15,18-24,26H2,1-3H3,(H,31,32)/p+1. The monoisotopic (exact) mass is 660 g/mol. The van der Waals surface area contributed by atoms with Crippen LogP contribution in [0.25, 0.3) is 0 Å². The summed E-state index contributed by atoms with van der Waals surface area (Å²) in [7, 11) is -1.81. The van der Waals surface area contributed by atoms with Gasteiger partial charge in [0, 0.05) is 25.8 Å². The van der Waals surface area contributed by atoms with Crippen molar-refractivity contribution in [3.05, 3.63) is 24.5 Å². The molecule has 0 aliphatic carbocycles. The van der Waals surface area contributed by atoms with E-state index < -0.39 is 14.0 Å². The largest absolute Gasteiger partial charge is 0.513 e. The minimum Gasteiger partial charge on any atom is -0.432 e. The lowest BCUT2D eigenvalue weighted by atomic mass is 10.1. The number of hydrogen-bond donors (Lipinski definition) is 2. The van der Waals surface area contributed by atoms with Crippen molar-refractivity contribution in [2.24, 2.45) is 4.99 Å². The van der Waals surface area contributed by atoms with E-state index in [1.165, 1.54) is 0 Å². The van der Waals surface area contributed by atoms with E-state index in [1.54, 1.807) is 50.1 Å². The molecule has 0 aromatic carbocycles. The zero-order valence-electron chi connectivity index (χ0n) is 26.9. The van der Waals surface area contributed by atoms with Gasteiger partial charge < -0.3 is 29.0 Å². The molecule has 16 heteroatoms. The molecule has 1 rings (SSSR count). The normalized spacial score (nSPS) is 11.6. The van der Waals surface area contributed by atoms with Crippen LogP contribution in [-0.2, 0) is 48.6 Å². The molecular weight excluding hydrogens is 609 g/mol. The first-order valence-corrected chi connectivity index (χ1v) is 16.9. The van der Waals surface area contributed by atoms with Gasteiger partial charge in [-0.15, -0.1) is 0 Å². The zero-order valence-corrected chi connectivity index (χ0v) is 27.8.